The molecule has 0 fully saturated rings. The Morgan fingerprint density at radius 2 is 1.29 bits per heavy atom. The topological polar surface area (TPSA) is 12.9 Å². The van der Waals surface area contributed by atoms with Gasteiger partial charge in [0.15, 0.2) is 0 Å². The van der Waals surface area contributed by atoms with Crippen LogP contribution in [0, 0.1) is 0 Å². The predicted molar refractivity (Wildman–Crippen MR) is 99.1 cm³/mol. The molecule has 0 spiro atoms. The Balaban J connectivity index is 2.49. The van der Waals surface area contributed by atoms with Gasteiger partial charge in [0, 0.05) is 11.3 Å². The third kappa shape index (κ3) is 3.92. The van der Waals surface area contributed by atoms with Gasteiger partial charge in [-0.05, 0) is 17.3 Å². The molecule has 0 aliphatic rings. The zero-order valence-electron chi connectivity index (χ0n) is 14.1. The van der Waals surface area contributed by atoms with Crippen LogP contribution in [0.5, 0.6) is 0 Å². The lowest BCUT2D eigenvalue weighted by Crippen LogP contribution is -2.46. The van der Waals surface area contributed by atoms with Gasteiger partial charge >= 0.3 is 0 Å². The van der Waals surface area contributed by atoms with Gasteiger partial charge in [0.05, 0.1) is 21.8 Å². The van der Waals surface area contributed by atoms with Crippen molar-refractivity contribution in [2.24, 2.45) is 0 Å². The van der Waals surface area contributed by atoms with Gasteiger partial charge in [0.2, 0.25) is 0 Å². The van der Waals surface area contributed by atoms with Crippen LogP contribution in [-0.4, -0.2) is 21.1 Å². The van der Waals surface area contributed by atoms with E-state index in [0.717, 1.165) is 5.69 Å². The maximum atomic E-state index is 5.05. The molecule has 112 valence electrons. The van der Waals surface area contributed by atoms with Gasteiger partial charge in [0.25, 0.3) is 0 Å². The molecule has 0 saturated heterocycles. The second-order valence-electron chi connectivity index (χ2n) is 7.98. The van der Waals surface area contributed by atoms with Crippen molar-refractivity contribution < 1.29 is 0 Å². The number of hydrogen-bond acceptors (Lipinski definition) is 1. The molecule has 0 N–H and O–H groups in total. The van der Waals surface area contributed by atoms with E-state index in [9.17, 15) is 0 Å². The summed E-state index contributed by atoms with van der Waals surface area (Å²) in [4.78, 5) is 5.05. The van der Waals surface area contributed by atoms with Crippen molar-refractivity contribution in [3.63, 3.8) is 0 Å². The lowest BCUT2D eigenvalue weighted by molar-refractivity contribution is 1.07. The second-order valence-corrected chi connectivity index (χ2v) is 19.2. The van der Waals surface area contributed by atoms with Crippen LogP contribution in [0.2, 0.25) is 39.3 Å². The SMILES string of the molecule is C[Si](C)(C)C(c1cccc(-c2ccccc2)n1)[Si](C)(C)C. The van der Waals surface area contributed by atoms with Crippen LogP contribution < -0.4 is 0 Å². The van der Waals surface area contributed by atoms with E-state index in [4.69, 9.17) is 4.98 Å². The van der Waals surface area contributed by atoms with Crippen molar-refractivity contribution in [2.45, 2.75) is 44.4 Å². The molecule has 1 heterocycles. The maximum absolute atomic E-state index is 5.05. The molecular weight excluding hydrogens is 286 g/mol. The highest BCUT2D eigenvalue weighted by Gasteiger charge is 2.39. The van der Waals surface area contributed by atoms with Gasteiger partial charge in [-0.25, -0.2) is 0 Å². The normalized spacial score (nSPS) is 12.7. The molecule has 1 aromatic heterocycles. The molecule has 0 aliphatic carbocycles. The van der Waals surface area contributed by atoms with Crippen molar-refractivity contribution in [3.05, 3.63) is 54.2 Å². The van der Waals surface area contributed by atoms with Crippen LogP contribution in [0.1, 0.15) is 10.9 Å². The van der Waals surface area contributed by atoms with E-state index in [1.807, 2.05) is 0 Å². The molecule has 0 aliphatic heterocycles. The zero-order valence-corrected chi connectivity index (χ0v) is 16.1. The molecule has 0 unspecified atom stereocenters. The smallest absolute Gasteiger partial charge is 0.0705 e. The Hall–Kier alpha value is -1.20. The summed E-state index contributed by atoms with van der Waals surface area (Å²) >= 11 is 0. The van der Waals surface area contributed by atoms with E-state index in [-0.39, 0.29) is 0 Å². The summed E-state index contributed by atoms with van der Waals surface area (Å²) in [6.07, 6.45) is 0. The van der Waals surface area contributed by atoms with E-state index in [0.29, 0.717) is 5.16 Å². The summed E-state index contributed by atoms with van der Waals surface area (Å²) in [5, 5.41) is 0.689. The van der Waals surface area contributed by atoms with E-state index in [1.165, 1.54) is 11.3 Å². The molecule has 2 rings (SSSR count). The van der Waals surface area contributed by atoms with Gasteiger partial charge in [-0.3, -0.25) is 4.98 Å². The number of rotatable bonds is 4. The highest BCUT2D eigenvalue weighted by atomic mass is 28.4. The first-order valence-corrected chi connectivity index (χ1v) is 14.9. The Labute approximate surface area is 131 Å². The fourth-order valence-corrected chi connectivity index (χ4v) is 16.1. The Morgan fingerprint density at radius 1 is 0.714 bits per heavy atom. The quantitative estimate of drug-likeness (QED) is 0.671. The van der Waals surface area contributed by atoms with Crippen molar-refractivity contribution in [1.82, 2.24) is 4.98 Å². The summed E-state index contributed by atoms with van der Waals surface area (Å²) in [6, 6.07) is 17.1. The minimum absolute atomic E-state index is 0.689. The van der Waals surface area contributed by atoms with Crippen molar-refractivity contribution in [2.75, 3.05) is 0 Å². The summed E-state index contributed by atoms with van der Waals surface area (Å²) < 4.78 is 0. The molecule has 21 heavy (non-hydrogen) atoms. The van der Waals surface area contributed by atoms with Gasteiger partial charge in [0.1, 0.15) is 0 Å². The summed E-state index contributed by atoms with van der Waals surface area (Å²) in [5.74, 6) is 0. The van der Waals surface area contributed by atoms with Crippen LogP contribution in [-0.2, 0) is 0 Å². The number of nitrogens with zero attached hydrogens (tertiary/aromatic N) is 1. The van der Waals surface area contributed by atoms with Gasteiger partial charge < -0.3 is 0 Å². The second kappa shape index (κ2) is 5.89. The van der Waals surface area contributed by atoms with Gasteiger partial charge in [-0.2, -0.15) is 0 Å². The van der Waals surface area contributed by atoms with E-state index >= 15 is 0 Å². The average Bonchev–Trinajstić information content (AvgIpc) is 2.37. The summed E-state index contributed by atoms with van der Waals surface area (Å²) in [7, 11) is -2.58. The number of pyridine rings is 1. The van der Waals surface area contributed by atoms with Crippen LogP contribution in [0.3, 0.4) is 0 Å². The van der Waals surface area contributed by atoms with Gasteiger partial charge in [-0.1, -0.05) is 75.7 Å². The van der Waals surface area contributed by atoms with Gasteiger partial charge in [-0.15, -0.1) is 0 Å². The summed E-state index contributed by atoms with van der Waals surface area (Å²) in [6.45, 7) is 14.9. The number of aromatic nitrogens is 1. The lowest BCUT2D eigenvalue weighted by atomic mass is 10.1. The number of benzene rings is 1. The minimum Gasteiger partial charge on any atom is -0.253 e. The Bertz CT molecular complexity index is 581. The molecule has 2 aromatic rings. The highest BCUT2D eigenvalue weighted by molar-refractivity contribution is 6.96. The Kier molecular flexibility index (Phi) is 4.54. The first-order chi connectivity index (χ1) is 9.69. The Morgan fingerprint density at radius 3 is 1.81 bits per heavy atom. The number of hydrogen-bond donors (Lipinski definition) is 0. The largest absolute Gasteiger partial charge is 0.253 e. The molecule has 1 aromatic carbocycles. The van der Waals surface area contributed by atoms with Crippen LogP contribution in [0.4, 0.5) is 0 Å². The molecule has 0 radical (unpaired) electrons. The molecule has 1 nitrogen and oxygen atoms in total. The lowest BCUT2D eigenvalue weighted by Gasteiger charge is -2.38. The molecule has 0 bridgehead atoms. The highest BCUT2D eigenvalue weighted by Crippen LogP contribution is 2.35. The standard InChI is InChI=1S/C18H27NSi2/c1-20(2,3)18(21(4,5)6)17-14-10-13-16(19-17)15-11-8-7-9-12-15/h7-14,18H,1-6H3. The average molecular weight is 314 g/mol. The first-order valence-electron chi connectivity index (χ1n) is 7.72. The van der Waals surface area contributed by atoms with Crippen LogP contribution >= 0.6 is 0 Å². The molecule has 0 atom stereocenters. The molecule has 0 saturated carbocycles. The van der Waals surface area contributed by atoms with E-state index < -0.39 is 16.1 Å². The van der Waals surface area contributed by atoms with Crippen LogP contribution in [0.15, 0.2) is 48.5 Å². The van der Waals surface area contributed by atoms with E-state index in [1.54, 1.807) is 0 Å². The van der Waals surface area contributed by atoms with Crippen molar-refractivity contribution in [3.8, 4) is 11.3 Å². The third-order valence-corrected chi connectivity index (χ3v) is 13.1. The fraction of sp³-hybridized carbons (Fsp3) is 0.389. The first kappa shape index (κ1) is 16.2. The molecular formula is C18H27NSi2. The van der Waals surface area contributed by atoms with Crippen molar-refractivity contribution in [1.29, 1.82) is 0 Å². The zero-order chi connectivity index (χ0) is 15.7. The fourth-order valence-electron chi connectivity index (χ4n) is 3.57. The molecule has 3 heteroatoms. The minimum atomic E-state index is -1.29. The van der Waals surface area contributed by atoms with E-state index in [2.05, 4.69) is 87.8 Å². The van der Waals surface area contributed by atoms with Crippen LogP contribution in [0.25, 0.3) is 11.3 Å². The summed E-state index contributed by atoms with van der Waals surface area (Å²) in [5.41, 5.74) is 3.63. The molecule has 0 amide bonds. The predicted octanol–water partition coefficient (Wildman–Crippen LogP) is 5.59. The van der Waals surface area contributed by atoms with Crippen molar-refractivity contribution >= 4 is 16.1 Å². The monoisotopic (exact) mass is 313 g/mol. The third-order valence-electron chi connectivity index (χ3n) is 3.87. The maximum Gasteiger partial charge on any atom is 0.0705 e.